The van der Waals surface area contributed by atoms with Gasteiger partial charge in [-0.3, -0.25) is 0 Å². The summed E-state index contributed by atoms with van der Waals surface area (Å²) >= 11 is 0. The van der Waals surface area contributed by atoms with Gasteiger partial charge in [0.2, 0.25) is 0 Å². The largest absolute Gasteiger partial charge is 0.344 e. The van der Waals surface area contributed by atoms with Crippen molar-refractivity contribution in [1.29, 1.82) is 0 Å². The Labute approximate surface area is 173 Å². The third kappa shape index (κ3) is 106. The minimum atomic E-state index is 0. The fourth-order valence-electron chi connectivity index (χ4n) is 0. The van der Waals surface area contributed by atoms with Crippen molar-refractivity contribution in [2.45, 2.75) is 0 Å². The van der Waals surface area contributed by atoms with Crippen LogP contribution in [0.5, 0.6) is 0 Å². The van der Waals surface area contributed by atoms with E-state index in [1.54, 1.807) is 0 Å². The Balaban J connectivity index is 0. The summed E-state index contributed by atoms with van der Waals surface area (Å²) < 4.78 is 0. The van der Waals surface area contributed by atoms with Crippen LogP contribution in [0.25, 0.3) is 0 Å². The number of hydrogen-bond acceptors (Lipinski definition) is 1. The summed E-state index contributed by atoms with van der Waals surface area (Å²) in [6.45, 7) is 0. The van der Waals surface area contributed by atoms with Crippen molar-refractivity contribution in [1.82, 2.24) is 6.15 Å². The summed E-state index contributed by atoms with van der Waals surface area (Å²) in [6, 6.07) is 0. The predicted octanol–water partition coefficient (Wildman–Crippen LogP) is 5.94. The third-order valence-corrected chi connectivity index (χ3v) is 0. The van der Waals surface area contributed by atoms with E-state index in [4.69, 9.17) is 0 Å². The average Bonchev–Trinajstić information content (AvgIpc) is 0. The molecule has 0 aromatic rings. The van der Waals surface area contributed by atoms with E-state index in [1.807, 2.05) is 0 Å². The average molecular weight is 826 g/mol. The lowest BCUT2D eigenvalue weighted by atomic mass is 14.0. The van der Waals surface area contributed by atoms with E-state index in [0.29, 0.717) is 0 Å². The quantitative estimate of drug-likeness (QED) is 0.323. The minimum absolute atomic E-state index is 0. The molecular weight excluding hydrogens is 813 g/mol. The van der Waals surface area contributed by atoms with Crippen LogP contribution in [0, 0.1) is 0 Å². The number of hydrogen-bond donors (Lipinski definition) is 1. The molecule has 88 valence electrons. The maximum absolute atomic E-state index is 0. The first-order chi connectivity index (χ1) is 0. The molecule has 0 atom stereocenters. The molecule has 0 aliphatic heterocycles. The third-order valence-electron chi connectivity index (χ3n) is 0. The van der Waals surface area contributed by atoms with Gasteiger partial charge in [0.15, 0.2) is 0 Å². The van der Waals surface area contributed by atoms with Crippen LogP contribution in [-0.2, 0) is 0 Å². The van der Waals surface area contributed by atoms with Crippen molar-refractivity contribution in [3.63, 3.8) is 0 Å². The van der Waals surface area contributed by atoms with Gasteiger partial charge in [-0.15, -0.1) is 170 Å². The lowest BCUT2D eigenvalue weighted by Crippen LogP contribution is -0.481. The summed E-state index contributed by atoms with van der Waals surface area (Å²) in [5.41, 5.74) is 0. The first-order valence-corrected chi connectivity index (χ1v) is 0. The first kappa shape index (κ1) is 152. The molecule has 0 aliphatic rings. The highest BCUT2D eigenvalue weighted by Crippen LogP contribution is 0.855. The highest BCUT2D eigenvalue weighted by Gasteiger charge is -0.105. The second kappa shape index (κ2) is 123. The molecule has 0 saturated heterocycles. The van der Waals surface area contributed by atoms with Crippen molar-refractivity contribution in [3.05, 3.63) is 0 Å². The van der Waals surface area contributed by atoms with Crippen molar-refractivity contribution >= 4 is 170 Å². The Morgan fingerprint density at radius 2 is 0.182 bits per heavy atom. The lowest BCUT2D eigenvalue weighted by molar-refractivity contribution is 2.13. The summed E-state index contributed by atoms with van der Waals surface area (Å²) in [5.74, 6) is 0. The SMILES string of the molecule is Br.Br.Br.Br.Br.Br.Br.Br.Br.Br.N. The van der Waals surface area contributed by atoms with E-state index in [0.717, 1.165) is 0 Å². The predicted molar refractivity (Wildman–Crippen MR) is 108 cm³/mol. The number of halogens is 10. The van der Waals surface area contributed by atoms with Crippen LogP contribution in [0.15, 0.2) is 0 Å². The highest BCUT2D eigenvalue weighted by molar-refractivity contribution is 8.94. The molecule has 0 rings (SSSR count). The molecule has 11 heavy (non-hydrogen) atoms. The first-order valence-electron chi connectivity index (χ1n) is 0. The van der Waals surface area contributed by atoms with Crippen molar-refractivity contribution < 1.29 is 0 Å². The zero-order chi connectivity index (χ0) is 0. The van der Waals surface area contributed by atoms with Crippen LogP contribution in [0.4, 0.5) is 0 Å². The zero-order valence-corrected chi connectivity index (χ0v) is 21.9. The van der Waals surface area contributed by atoms with E-state index in [9.17, 15) is 0 Å². The van der Waals surface area contributed by atoms with Gasteiger partial charge in [-0.25, -0.2) is 0 Å². The molecule has 0 aromatic carbocycles. The topological polar surface area (TPSA) is 35.0 Å². The van der Waals surface area contributed by atoms with Crippen molar-refractivity contribution in [2.75, 3.05) is 0 Å². The maximum atomic E-state index is 0. The molecule has 0 saturated carbocycles. The second-order valence-electron chi connectivity index (χ2n) is 0. The summed E-state index contributed by atoms with van der Waals surface area (Å²) in [7, 11) is 0. The van der Waals surface area contributed by atoms with E-state index >= 15 is 0 Å². The Hall–Kier alpha value is 4.76. The minimum Gasteiger partial charge on any atom is -0.344 e. The van der Waals surface area contributed by atoms with Crippen LogP contribution in [-0.4, -0.2) is 0 Å². The van der Waals surface area contributed by atoms with Gasteiger partial charge in [0.25, 0.3) is 0 Å². The molecule has 0 heterocycles. The second-order valence-corrected chi connectivity index (χ2v) is 0. The molecule has 0 aromatic heterocycles. The van der Waals surface area contributed by atoms with Crippen LogP contribution in [0.3, 0.4) is 0 Å². The van der Waals surface area contributed by atoms with Gasteiger partial charge in [-0.1, -0.05) is 0 Å². The molecule has 3 N–H and O–H groups in total. The maximum Gasteiger partial charge on any atom is -0.114 e. The lowest BCUT2D eigenvalue weighted by Gasteiger charge is -0.344. The zero-order valence-electron chi connectivity index (χ0n) is 4.79. The Morgan fingerprint density at radius 3 is 0.182 bits per heavy atom. The molecule has 0 radical (unpaired) electrons. The molecule has 0 aliphatic carbocycles. The Kier molecular flexibility index (Phi) is 1700. The summed E-state index contributed by atoms with van der Waals surface area (Å²) in [6.07, 6.45) is 0. The summed E-state index contributed by atoms with van der Waals surface area (Å²) in [5, 5.41) is 0. The van der Waals surface area contributed by atoms with Crippen LogP contribution < -0.4 is 6.15 Å². The molecule has 0 fully saturated rings. The standard InChI is InChI=1S/10BrH.H3N/h10*1H;1H3. The number of rotatable bonds is 0. The van der Waals surface area contributed by atoms with Gasteiger partial charge in [0, 0.05) is 0 Å². The molecular formula is H13Br10N. The molecule has 11 heteroatoms. The van der Waals surface area contributed by atoms with E-state index in [2.05, 4.69) is 0 Å². The molecule has 0 spiro atoms. The van der Waals surface area contributed by atoms with Gasteiger partial charge >= 0.3 is 0 Å². The van der Waals surface area contributed by atoms with Crippen molar-refractivity contribution in [3.8, 4) is 0 Å². The Bertz CT molecular complexity index is 4.83. The van der Waals surface area contributed by atoms with Gasteiger partial charge in [0.05, 0.1) is 0 Å². The fraction of sp³-hybridized carbons (Fsp3) is 0. The summed E-state index contributed by atoms with van der Waals surface area (Å²) in [4.78, 5) is 0. The van der Waals surface area contributed by atoms with Gasteiger partial charge in [-0.2, -0.15) is 0 Å². The molecule has 0 bridgehead atoms. The van der Waals surface area contributed by atoms with E-state index in [1.165, 1.54) is 0 Å². The smallest absolute Gasteiger partial charge is 0.114 e. The normalized spacial score (nSPS) is 0. The van der Waals surface area contributed by atoms with Gasteiger partial charge in [0.1, 0.15) is 0 Å². The van der Waals surface area contributed by atoms with Crippen LogP contribution >= 0.6 is 170 Å². The van der Waals surface area contributed by atoms with E-state index < -0.39 is 0 Å². The van der Waals surface area contributed by atoms with Crippen molar-refractivity contribution in [2.24, 2.45) is 0 Å². The van der Waals surface area contributed by atoms with E-state index in [-0.39, 0.29) is 176 Å². The van der Waals surface area contributed by atoms with Crippen LogP contribution in [0.1, 0.15) is 0 Å². The van der Waals surface area contributed by atoms with Gasteiger partial charge in [-0.05, 0) is 0 Å². The molecule has 1 nitrogen and oxygen atoms in total. The van der Waals surface area contributed by atoms with Gasteiger partial charge < -0.3 is 6.15 Å². The fourth-order valence-corrected chi connectivity index (χ4v) is 0. The highest BCUT2D eigenvalue weighted by atomic mass is 79.9. The van der Waals surface area contributed by atoms with Crippen LogP contribution in [0.2, 0.25) is 0 Å². The molecule has 0 amide bonds. The molecule has 0 unspecified atom stereocenters. The monoisotopic (exact) mass is 816 g/mol. The Morgan fingerprint density at radius 1 is 0.182 bits per heavy atom.